The van der Waals surface area contributed by atoms with E-state index < -0.39 is 0 Å². The highest BCUT2D eigenvalue weighted by Gasteiger charge is 1.90. The van der Waals surface area contributed by atoms with Gasteiger partial charge in [0.25, 0.3) is 0 Å². The lowest BCUT2D eigenvalue weighted by molar-refractivity contribution is 0.807. The molecule has 0 radical (unpaired) electrons. The number of nitrogens with one attached hydrogen (secondary N) is 3. The van der Waals surface area contributed by atoms with Gasteiger partial charge in [0.05, 0.1) is 17.4 Å². The van der Waals surface area contributed by atoms with Crippen LogP contribution >= 0.6 is 0 Å². The standard InChI is InChI=1S/C7H6N2.C3H8N2/c1-2-4-7-6(3-1)8-5-9-7;1-2-5-3-4-1/h1-5H,(H,8,9);4-5H,1-3H2. The zero-order valence-corrected chi connectivity index (χ0v) is 7.96. The fourth-order valence-electron chi connectivity index (χ4n) is 1.32. The molecule has 4 nitrogen and oxygen atoms in total. The van der Waals surface area contributed by atoms with Crippen LogP contribution in [0.25, 0.3) is 11.0 Å². The Morgan fingerprint density at radius 2 is 1.86 bits per heavy atom. The van der Waals surface area contributed by atoms with Crippen LogP contribution < -0.4 is 10.6 Å². The zero-order chi connectivity index (χ0) is 9.64. The number of rotatable bonds is 0. The van der Waals surface area contributed by atoms with E-state index in [2.05, 4.69) is 20.6 Å². The molecule has 1 aromatic carbocycles. The highest BCUT2D eigenvalue weighted by atomic mass is 15.1. The van der Waals surface area contributed by atoms with E-state index >= 15 is 0 Å². The van der Waals surface area contributed by atoms with Crippen molar-refractivity contribution in [1.82, 2.24) is 20.6 Å². The fourth-order valence-corrected chi connectivity index (χ4v) is 1.32. The van der Waals surface area contributed by atoms with E-state index in [-0.39, 0.29) is 0 Å². The minimum Gasteiger partial charge on any atom is -0.345 e. The number of nitrogens with zero attached hydrogens (tertiary/aromatic N) is 1. The maximum Gasteiger partial charge on any atom is 0.0931 e. The monoisotopic (exact) mass is 190 g/mol. The lowest BCUT2D eigenvalue weighted by Crippen LogP contribution is -2.11. The molecule has 1 saturated heterocycles. The van der Waals surface area contributed by atoms with E-state index in [9.17, 15) is 0 Å². The van der Waals surface area contributed by atoms with Gasteiger partial charge in [-0.25, -0.2) is 4.98 Å². The second-order valence-corrected chi connectivity index (χ2v) is 3.10. The number of fused-ring (bicyclic) bond motifs is 1. The third-order valence-corrected chi connectivity index (χ3v) is 2.06. The highest BCUT2D eigenvalue weighted by molar-refractivity contribution is 5.73. The van der Waals surface area contributed by atoms with Gasteiger partial charge in [-0.3, -0.25) is 0 Å². The largest absolute Gasteiger partial charge is 0.345 e. The summed E-state index contributed by atoms with van der Waals surface area (Å²) < 4.78 is 0. The van der Waals surface area contributed by atoms with Gasteiger partial charge in [-0.05, 0) is 12.1 Å². The first-order valence-corrected chi connectivity index (χ1v) is 4.76. The molecule has 3 N–H and O–H groups in total. The Hall–Kier alpha value is -1.39. The van der Waals surface area contributed by atoms with Gasteiger partial charge >= 0.3 is 0 Å². The number of benzene rings is 1. The van der Waals surface area contributed by atoms with Crippen LogP contribution in [-0.2, 0) is 0 Å². The summed E-state index contributed by atoms with van der Waals surface area (Å²) in [7, 11) is 0. The van der Waals surface area contributed by atoms with Crippen LogP contribution in [-0.4, -0.2) is 29.7 Å². The molecule has 14 heavy (non-hydrogen) atoms. The van der Waals surface area contributed by atoms with Crippen molar-refractivity contribution in [2.24, 2.45) is 0 Å². The van der Waals surface area contributed by atoms with E-state index in [1.807, 2.05) is 24.3 Å². The Labute approximate surface area is 82.7 Å². The molecule has 0 aliphatic carbocycles. The predicted octanol–water partition coefficient (Wildman–Crippen LogP) is 0.700. The summed E-state index contributed by atoms with van der Waals surface area (Å²) >= 11 is 0. The van der Waals surface area contributed by atoms with Crippen molar-refractivity contribution >= 4 is 11.0 Å². The summed E-state index contributed by atoms with van der Waals surface area (Å²) in [5.41, 5.74) is 2.12. The lowest BCUT2D eigenvalue weighted by atomic mass is 10.3. The molecule has 1 aromatic heterocycles. The molecule has 0 saturated carbocycles. The summed E-state index contributed by atoms with van der Waals surface area (Å²) in [6.07, 6.45) is 1.70. The van der Waals surface area contributed by atoms with E-state index in [0.29, 0.717) is 0 Å². The van der Waals surface area contributed by atoms with Gasteiger partial charge in [0.2, 0.25) is 0 Å². The third-order valence-electron chi connectivity index (χ3n) is 2.06. The molecule has 0 bridgehead atoms. The van der Waals surface area contributed by atoms with Gasteiger partial charge in [-0.1, -0.05) is 12.1 Å². The number of aromatic nitrogens is 2. The van der Waals surface area contributed by atoms with Gasteiger partial charge in [0.15, 0.2) is 0 Å². The fraction of sp³-hybridized carbons (Fsp3) is 0.300. The van der Waals surface area contributed by atoms with Crippen molar-refractivity contribution in [3.05, 3.63) is 30.6 Å². The minimum absolute atomic E-state index is 1.00. The first-order chi connectivity index (χ1) is 6.97. The smallest absolute Gasteiger partial charge is 0.0931 e. The van der Waals surface area contributed by atoms with Crippen LogP contribution in [0.2, 0.25) is 0 Å². The Balaban J connectivity index is 0.000000128. The molecule has 1 aliphatic rings. The molecule has 2 heterocycles. The van der Waals surface area contributed by atoms with Crippen LogP contribution in [0.1, 0.15) is 0 Å². The SMILES string of the molecule is C1CNCN1.c1ccc2[nH]cnc2c1. The van der Waals surface area contributed by atoms with Gasteiger partial charge < -0.3 is 15.6 Å². The Kier molecular flexibility index (Phi) is 3.10. The second-order valence-electron chi connectivity index (χ2n) is 3.10. The molecule has 74 valence electrons. The summed E-state index contributed by atoms with van der Waals surface area (Å²) in [5.74, 6) is 0. The minimum atomic E-state index is 1.00. The zero-order valence-electron chi connectivity index (χ0n) is 7.96. The van der Waals surface area contributed by atoms with Crippen LogP contribution in [0.4, 0.5) is 0 Å². The Bertz CT molecular complexity index is 340. The molecule has 1 fully saturated rings. The Morgan fingerprint density at radius 3 is 2.50 bits per heavy atom. The number of para-hydroxylation sites is 2. The molecular formula is C10H14N4. The van der Waals surface area contributed by atoms with Gasteiger partial charge in [0.1, 0.15) is 0 Å². The number of imidazole rings is 1. The average molecular weight is 190 g/mol. The molecule has 0 spiro atoms. The molecule has 2 aromatic rings. The van der Waals surface area contributed by atoms with E-state index in [4.69, 9.17) is 0 Å². The normalized spacial score (nSPS) is 15.1. The van der Waals surface area contributed by atoms with Gasteiger partial charge in [-0.15, -0.1) is 0 Å². The predicted molar refractivity (Wildman–Crippen MR) is 57.0 cm³/mol. The van der Waals surface area contributed by atoms with Crippen molar-refractivity contribution in [2.45, 2.75) is 0 Å². The quantitative estimate of drug-likeness (QED) is 0.573. The van der Waals surface area contributed by atoms with Crippen LogP contribution in [0, 0.1) is 0 Å². The van der Waals surface area contributed by atoms with E-state index in [1.165, 1.54) is 0 Å². The van der Waals surface area contributed by atoms with Crippen molar-refractivity contribution in [3.63, 3.8) is 0 Å². The highest BCUT2D eigenvalue weighted by Crippen LogP contribution is 2.05. The molecule has 1 aliphatic heterocycles. The first kappa shape index (κ1) is 9.18. The Morgan fingerprint density at radius 1 is 1.07 bits per heavy atom. The average Bonchev–Trinajstić information content (AvgIpc) is 2.92. The van der Waals surface area contributed by atoms with Crippen LogP contribution in [0.3, 0.4) is 0 Å². The van der Waals surface area contributed by atoms with Gasteiger partial charge in [0, 0.05) is 19.8 Å². The number of aromatic amines is 1. The summed E-state index contributed by atoms with van der Waals surface area (Å²) in [4.78, 5) is 7.07. The molecule has 0 unspecified atom stereocenters. The topological polar surface area (TPSA) is 52.7 Å². The number of hydrogen-bond donors (Lipinski definition) is 3. The molecule has 0 atom stereocenters. The van der Waals surface area contributed by atoms with Crippen molar-refractivity contribution in [3.8, 4) is 0 Å². The maximum absolute atomic E-state index is 4.06. The molecule has 4 heteroatoms. The maximum atomic E-state index is 4.06. The number of hydrogen-bond acceptors (Lipinski definition) is 3. The third kappa shape index (κ3) is 2.31. The molecule has 3 rings (SSSR count). The van der Waals surface area contributed by atoms with Crippen molar-refractivity contribution in [2.75, 3.05) is 19.8 Å². The number of H-pyrrole nitrogens is 1. The first-order valence-electron chi connectivity index (χ1n) is 4.76. The molecular weight excluding hydrogens is 176 g/mol. The summed E-state index contributed by atoms with van der Waals surface area (Å²) in [6, 6.07) is 7.94. The van der Waals surface area contributed by atoms with Crippen LogP contribution in [0.15, 0.2) is 30.6 Å². The van der Waals surface area contributed by atoms with Crippen LogP contribution in [0.5, 0.6) is 0 Å². The van der Waals surface area contributed by atoms with E-state index in [0.717, 1.165) is 30.8 Å². The van der Waals surface area contributed by atoms with Crippen molar-refractivity contribution < 1.29 is 0 Å². The van der Waals surface area contributed by atoms with Crippen molar-refractivity contribution in [1.29, 1.82) is 0 Å². The summed E-state index contributed by atoms with van der Waals surface area (Å²) in [6.45, 7) is 3.28. The van der Waals surface area contributed by atoms with E-state index in [1.54, 1.807) is 6.33 Å². The molecule has 0 amide bonds. The second kappa shape index (κ2) is 4.74. The lowest BCUT2D eigenvalue weighted by Gasteiger charge is -1.81. The van der Waals surface area contributed by atoms with Gasteiger partial charge in [-0.2, -0.15) is 0 Å². The summed E-state index contributed by atoms with van der Waals surface area (Å²) in [5, 5.41) is 6.22.